The fourth-order valence-electron chi connectivity index (χ4n) is 9.92. The maximum absolute atomic E-state index is 12.5. The highest BCUT2D eigenvalue weighted by Crippen LogP contribution is 2.34. The van der Waals surface area contributed by atoms with E-state index in [4.69, 9.17) is 9.97 Å². The van der Waals surface area contributed by atoms with Crippen LogP contribution in [0.4, 0.5) is 18.9 Å². The van der Waals surface area contributed by atoms with Crippen LogP contribution >= 0.6 is 0 Å². The summed E-state index contributed by atoms with van der Waals surface area (Å²) in [4.78, 5) is 18.3. The number of aryl methyl sites for hydroxylation is 3. The highest BCUT2D eigenvalue weighted by atomic mass is 32.2. The number of nitrogens with zero attached hydrogens (tertiary/aromatic N) is 9. The van der Waals surface area contributed by atoms with Crippen molar-refractivity contribution in [3.05, 3.63) is 133 Å². The number of alkyl halides is 3. The second-order valence-electron chi connectivity index (χ2n) is 20.6. The van der Waals surface area contributed by atoms with Crippen LogP contribution in [0.2, 0.25) is 0 Å². The average molecular weight is 1100 g/mol. The van der Waals surface area contributed by atoms with Crippen LogP contribution in [0, 0.1) is 0 Å². The molecule has 0 spiro atoms. The Kier molecular flexibility index (Phi) is 17.0. The van der Waals surface area contributed by atoms with E-state index in [0.717, 1.165) is 82.1 Å². The van der Waals surface area contributed by atoms with Gasteiger partial charge in [-0.2, -0.15) is 5.10 Å². The number of benzene rings is 2. The molecule has 0 amide bonds. The number of hydrogen-bond acceptors (Lipinski definition) is 12. The van der Waals surface area contributed by atoms with Gasteiger partial charge in [0, 0.05) is 117 Å². The quantitative estimate of drug-likeness (QED) is 0.110. The molecule has 8 aromatic rings. The Bertz CT molecular complexity index is 3500. The molecule has 6 aromatic heterocycles. The Balaban J connectivity index is 0.000000217. The van der Waals surface area contributed by atoms with Crippen LogP contribution in [-0.4, -0.2) is 134 Å². The second-order valence-corrected chi connectivity index (χ2v) is 25.2. The van der Waals surface area contributed by atoms with Gasteiger partial charge >= 0.3 is 6.36 Å². The minimum absolute atomic E-state index is 0. The smallest absolute Gasteiger partial charge is 0.388 e. The molecule has 0 unspecified atom stereocenters. The molecule has 0 saturated carbocycles. The third kappa shape index (κ3) is 13.7. The van der Waals surface area contributed by atoms with E-state index in [1.165, 1.54) is 17.8 Å². The molecule has 20 heteroatoms. The van der Waals surface area contributed by atoms with Crippen molar-refractivity contribution < 1.29 is 36.2 Å². The van der Waals surface area contributed by atoms with E-state index in [9.17, 15) is 30.0 Å². The van der Waals surface area contributed by atoms with Crippen LogP contribution in [0.5, 0.6) is 5.88 Å². The van der Waals surface area contributed by atoms with Crippen LogP contribution in [0.1, 0.15) is 66.9 Å². The standard InChI is InChI=1S/C29H34N4O2S.C26H29F3N6O3S.C2H6.H2/c1-29(2,32-17-19-36(34,35)20-18-32)16-15-23-21-33(25-7-5-4-6-8-25)28-26(23)13-14-27(31-28)22-9-11-24(30-3)12-10-22;1-25(2,34-10-12-39(36,37)13-11-34)9-8-19-16-35(20-15-31-33(3)17-20)24-21(19)5-6-22(32-24)18-4-7-23(30-14-18)38-26(27,28)29;1-2;/h4-14,21,30H,15-20H2,1-3H3;4-7,14-17H,8-13H2,1-3H3;1-2H3;1H. The van der Waals surface area contributed by atoms with E-state index >= 15 is 0 Å². The van der Waals surface area contributed by atoms with Gasteiger partial charge in [-0.05, 0) is 119 Å². The number of sulfone groups is 2. The van der Waals surface area contributed by atoms with Crippen molar-refractivity contribution in [1.29, 1.82) is 0 Å². The van der Waals surface area contributed by atoms with E-state index < -0.39 is 31.9 Å². The lowest BCUT2D eigenvalue weighted by atomic mass is 9.93. The first kappa shape index (κ1) is 56.6. The van der Waals surface area contributed by atoms with E-state index in [2.05, 4.69) is 129 Å². The molecule has 2 fully saturated rings. The fourth-order valence-corrected chi connectivity index (χ4v) is 12.3. The Morgan fingerprint density at radius 1 is 0.610 bits per heavy atom. The predicted octanol–water partition coefficient (Wildman–Crippen LogP) is 10.6. The molecule has 2 aliphatic rings. The first-order valence-corrected chi connectivity index (χ1v) is 29.7. The molecule has 0 radical (unpaired) electrons. The zero-order valence-electron chi connectivity index (χ0n) is 45.0. The zero-order chi connectivity index (χ0) is 55.3. The molecule has 2 aliphatic heterocycles. The summed E-state index contributed by atoms with van der Waals surface area (Å²) < 4.78 is 94.9. The van der Waals surface area contributed by atoms with Crippen LogP contribution in [0.3, 0.4) is 0 Å². The van der Waals surface area contributed by atoms with Gasteiger partial charge in [-0.1, -0.05) is 44.2 Å². The van der Waals surface area contributed by atoms with Gasteiger partial charge in [-0.3, -0.25) is 19.0 Å². The number of pyridine rings is 3. The highest BCUT2D eigenvalue weighted by molar-refractivity contribution is 7.91. The van der Waals surface area contributed by atoms with E-state index in [1.54, 1.807) is 10.9 Å². The van der Waals surface area contributed by atoms with Gasteiger partial charge < -0.3 is 14.6 Å². The van der Waals surface area contributed by atoms with Crippen LogP contribution in [-0.2, 0) is 39.6 Å². The van der Waals surface area contributed by atoms with E-state index in [-0.39, 0.29) is 35.5 Å². The van der Waals surface area contributed by atoms with Crippen LogP contribution in [0.25, 0.3) is 56.0 Å². The third-order valence-electron chi connectivity index (χ3n) is 14.6. The first-order valence-electron chi connectivity index (χ1n) is 26.0. The van der Waals surface area contributed by atoms with Crippen molar-refractivity contribution in [3.8, 4) is 39.8 Å². The lowest BCUT2D eigenvalue weighted by Gasteiger charge is -2.41. The van der Waals surface area contributed by atoms with Gasteiger partial charge in [0.05, 0.1) is 46.3 Å². The maximum atomic E-state index is 12.5. The van der Waals surface area contributed by atoms with Crippen LogP contribution in [0.15, 0.2) is 122 Å². The topological polar surface area (TPSA) is 162 Å². The normalized spacial score (nSPS) is 16.1. The number of halogens is 3. The van der Waals surface area contributed by atoms with Crippen molar-refractivity contribution in [2.45, 2.75) is 84.7 Å². The summed E-state index contributed by atoms with van der Waals surface area (Å²) in [6, 6.07) is 29.4. The van der Waals surface area contributed by atoms with Gasteiger partial charge in [-0.15, -0.1) is 13.2 Å². The molecule has 2 saturated heterocycles. The number of aromatic nitrogens is 7. The number of ether oxygens (including phenoxy) is 1. The largest absolute Gasteiger partial charge is 0.574 e. The Morgan fingerprint density at radius 2 is 1.09 bits per heavy atom. The second kappa shape index (κ2) is 23.2. The molecule has 0 aliphatic carbocycles. The van der Waals surface area contributed by atoms with Crippen molar-refractivity contribution in [2.24, 2.45) is 7.05 Å². The summed E-state index contributed by atoms with van der Waals surface area (Å²) in [6.07, 6.45) is 7.74. The molecule has 8 heterocycles. The zero-order valence-corrected chi connectivity index (χ0v) is 46.7. The SMILES string of the molecule is CC.CNc1ccc(-c2ccc3c(CCC(C)(C)N4CCS(=O)(=O)CC4)cn(-c4ccccc4)c3n2)cc1.Cn1cc(-n2cc(CCC(C)(C)N3CCS(=O)(=O)CC3)c3ccc(-c4ccc(OC(F)(F)F)nc4)nc32)cn1.[HH]. The molecular weight excluding hydrogens is 1030 g/mol. The molecule has 1 N–H and O–H groups in total. The van der Waals surface area contributed by atoms with Gasteiger partial charge in [0.25, 0.3) is 0 Å². The molecular formula is C57H71F3N10O5S2. The van der Waals surface area contributed by atoms with Gasteiger partial charge in [-0.25, -0.2) is 31.8 Å². The van der Waals surface area contributed by atoms with Gasteiger partial charge in [0.2, 0.25) is 5.88 Å². The summed E-state index contributed by atoms with van der Waals surface area (Å²) in [5.41, 5.74) is 9.82. The minimum atomic E-state index is -4.81. The number of fused-ring (bicyclic) bond motifs is 2. The van der Waals surface area contributed by atoms with Crippen molar-refractivity contribution in [1.82, 2.24) is 43.7 Å². The predicted molar refractivity (Wildman–Crippen MR) is 303 cm³/mol. The van der Waals surface area contributed by atoms with Crippen molar-refractivity contribution in [3.63, 3.8) is 0 Å². The molecule has 77 heavy (non-hydrogen) atoms. The summed E-state index contributed by atoms with van der Waals surface area (Å²) in [5, 5.41) is 9.56. The Labute approximate surface area is 451 Å². The summed E-state index contributed by atoms with van der Waals surface area (Å²) >= 11 is 0. The fraction of sp³-hybridized carbons (Fsp3) is 0.404. The Hall–Kier alpha value is -6.61. The number of rotatable bonds is 14. The van der Waals surface area contributed by atoms with Gasteiger partial charge in [0.15, 0.2) is 19.7 Å². The van der Waals surface area contributed by atoms with Crippen molar-refractivity contribution in [2.75, 3.05) is 61.6 Å². The van der Waals surface area contributed by atoms with Crippen LogP contribution < -0.4 is 10.1 Å². The lowest BCUT2D eigenvalue weighted by molar-refractivity contribution is -0.276. The molecule has 412 valence electrons. The highest BCUT2D eigenvalue weighted by Gasteiger charge is 2.34. The first-order chi connectivity index (χ1) is 36.6. The third-order valence-corrected chi connectivity index (χ3v) is 17.8. The Morgan fingerprint density at radius 3 is 1.53 bits per heavy atom. The lowest BCUT2D eigenvalue weighted by Crippen LogP contribution is -2.51. The van der Waals surface area contributed by atoms with E-state index in [1.807, 2.05) is 63.1 Å². The van der Waals surface area contributed by atoms with Crippen molar-refractivity contribution >= 4 is 47.4 Å². The molecule has 0 atom stereocenters. The number of hydrogen-bond donors (Lipinski definition) is 1. The average Bonchev–Trinajstić information content (AvgIpc) is 4.31. The maximum Gasteiger partial charge on any atom is 0.574 e. The number of para-hydroxylation sites is 1. The molecule has 10 rings (SSSR count). The minimum Gasteiger partial charge on any atom is -0.388 e. The van der Waals surface area contributed by atoms with Gasteiger partial charge in [0.1, 0.15) is 11.3 Å². The monoisotopic (exact) mass is 1100 g/mol. The number of nitrogens with one attached hydrogen (secondary N) is 1. The number of anilines is 1. The molecule has 15 nitrogen and oxygen atoms in total. The molecule has 2 aromatic carbocycles. The summed E-state index contributed by atoms with van der Waals surface area (Å²) in [7, 11) is -2.10. The molecule has 0 bridgehead atoms. The summed E-state index contributed by atoms with van der Waals surface area (Å²) in [6.45, 7) is 15.0. The summed E-state index contributed by atoms with van der Waals surface area (Å²) in [5.74, 6) is 0.336. The van der Waals surface area contributed by atoms with E-state index in [0.29, 0.717) is 43.1 Å².